The highest BCUT2D eigenvalue weighted by atomic mass is 32.1. The predicted octanol–water partition coefficient (Wildman–Crippen LogP) is 4.84. The van der Waals surface area contributed by atoms with E-state index in [-0.39, 0.29) is 11.8 Å². The number of amides is 2. The molecule has 31 heavy (non-hydrogen) atoms. The molecule has 2 saturated carbocycles. The lowest BCUT2D eigenvalue weighted by atomic mass is 9.73. The summed E-state index contributed by atoms with van der Waals surface area (Å²) in [6.45, 7) is 1.34. The van der Waals surface area contributed by atoms with E-state index < -0.39 is 5.41 Å². The van der Waals surface area contributed by atoms with Gasteiger partial charge in [-0.25, -0.2) is 0 Å². The van der Waals surface area contributed by atoms with Gasteiger partial charge in [0.25, 0.3) is 0 Å². The normalized spacial score (nSPS) is 26.4. The highest BCUT2D eigenvalue weighted by molar-refractivity contribution is 7.13. The molecule has 1 aliphatic heterocycles. The Labute approximate surface area is 189 Å². The van der Waals surface area contributed by atoms with Gasteiger partial charge in [-0.3, -0.25) is 9.59 Å². The Morgan fingerprint density at radius 2 is 1.90 bits per heavy atom. The highest BCUT2D eigenvalue weighted by Gasteiger charge is 2.62. The SMILES string of the molecule is CN(C)C(=O)[C@@]1(Cc2ccccc2-c2cccs2)CCCN(C(=O)[C@@H]2CC23CCC3)C1. The zero-order valence-electron chi connectivity index (χ0n) is 18.6. The third-order valence-corrected chi connectivity index (χ3v) is 8.82. The standard InChI is InChI=1S/C26H32N2O2S/c1-27(2)24(30)26(16-19-8-3-4-9-20(19)22-10-5-15-31-22)13-7-14-28(18-26)23(29)21-17-25(21)11-6-12-25/h3-5,8-10,15,21H,6-7,11-14,16-18H2,1-2H3/t21-,26+/m0/s1. The highest BCUT2D eigenvalue weighted by Crippen LogP contribution is 2.66. The molecule has 4 nitrogen and oxygen atoms in total. The molecule has 164 valence electrons. The predicted molar refractivity (Wildman–Crippen MR) is 125 cm³/mol. The van der Waals surface area contributed by atoms with Crippen molar-refractivity contribution < 1.29 is 9.59 Å². The van der Waals surface area contributed by atoms with E-state index >= 15 is 0 Å². The maximum absolute atomic E-state index is 13.6. The van der Waals surface area contributed by atoms with Crippen molar-refractivity contribution in [2.45, 2.75) is 44.9 Å². The Morgan fingerprint density at radius 3 is 2.55 bits per heavy atom. The van der Waals surface area contributed by atoms with Crippen LogP contribution in [0.3, 0.4) is 0 Å². The Bertz CT molecular complexity index is 979. The summed E-state index contributed by atoms with van der Waals surface area (Å²) in [6.07, 6.45) is 7.18. The third-order valence-electron chi connectivity index (χ3n) is 7.92. The van der Waals surface area contributed by atoms with Crippen LogP contribution < -0.4 is 0 Å². The monoisotopic (exact) mass is 436 g/mol. The maximum Gasteiger partial charge on any atom is 0.230 e. The molecule has 5 heteroatoms. The van der Waals surface area contributed by atoms with E-state index in [0.29, 0.717) is 24.3 Å². The maximum atomic E-state index is 13.6. The number of benzene rings is 1. The van der Waals surface area contributed by atoms with Crippen LogP contribution in [0.25, 0.3) is 10.4 Å². The van der Waals surface area contributed by atoms with Crippen LogP contribution in [0.15, 0.2) is 41.8 Å². The summed E-state index contributed by atoms with van der Waals surface area (Å²) in [5.41, 5.74) is 2.19. The van der Waals surface area contributed by atoms with Gasteiger partial charge < -0.3 is 9.80 Å². The average molecular weight is 437 g/mol. The van der Waals surface area contributed by atoms with Crippen LogP contribution in [0.2, 0.25) is 0 Å². The third kappa shape index (κ3) is 3.61. The summed E-state index contributed by atoms with van der Waals surface area (Å²) in [5, 5.41) is 2.10. The summed E-state index contributed by atoms with van der Waals surface area (Å²) in [4.78, 5) is 31.9. The van der Waals surface area contributed by atoms with Gasteiger partial charge in [-0.2, -0.15) is 0 Å². The Hall–Kier alpha value is -2.14. The van der Waals surface area contributed by atoms with Crippen molar-refractivity contribution in [1.29, 1.82) is 0 Å². The quantitative estimate of drug-likeness (QED) is 0.673. The van der Waals surface area contributed by atoms with Gasteiger partial charge in [0, 0.05) is 38.0 Å². The summed E-state index contributed by atoms with van der Waals surface area (Å²) < 4.78 is 0. The van der Waals surface area contributed by atoms with E-state index in [4.69, 9.17) is 0 Å². The van der Waals surface area contributed by atoms with Gasteiger partial charge >= 0.3 is 0 Å². The number of carbonyl (C=O) groups excluding carboxylic acids is 2. The fourth-order valence-corrected chi connectivity index (χ4v) is 6.79. The smallest absolute Gasteiger partial charge is 0.230 e. The van der Waals surface area contributed by atoms with Gasteiger partial charge in [0.1, 0.15) is 0 Å². The molecule has 2 aliphatic carbocycles. The molecule has 2 amide bonds. The molecule has 2 atom stereocenters. The van der Waals surface area contributed by atoms with Gasteiger partial charge in [0.15, 0.2) is 0 Å². The number of nitrogens with zero attached hydrogens (tertiary/aromatic N) is 2. The largest absolute Gasteiger partial charge is 0.348 e. The summed E-state index contributed by atoms with van der Waals surface area (Å²) in [6, 6.07) is 12.7. The first-order valence-corrected chi connectivity index (χ1v) is 12.4. The first-order chi connectivity index (χ1) is 14.9. The van der Waals surface area contributed by atoms with E-state index in [2.05, 4.69) is 41.8 Å². The van der Waals surface area contributed by atoms with E-state index in [9.17, 15) is 9.59 Å². The van der Waals surface area contributed by atoms with Crippen LogP contribution >= 0.6 is 11.3 Å². The molecule has 0 bridgehead atoms. The fraction of sp³-hybridized carbons (Fsp3) is 0.538. The molecule has 2 heterocycles. The lowest BCUT2D eigenvalue weighted by Gasteiger charge is -2.44. The van der Waals surface area contributed by atoms with Gasteiger partial charge in [-0.15, -0.1) is 11.3 Å². The minimum absolute atomic E-state index is 0.153. The van der Waals surface area contributed by atoms with Crippen molar-refractivity contribution in [3.8, 4) is 10.4 Å². The molecular formula is C26H32N2O2S. The van der Waals surface area contributed by atoms with Crippen molar-refractivity contribution in [2.24, 2.45) is 16.7 Å². The van der Waals surface area contributed by atoms with Crippen LogP contribution in [-0.2, 0) is 16.0 Å². The number of carbonyl (C=O) groups is 2. The first kappa shape index (κ1) is 20.7. The molecule has 1 aromatic carbocycles. The van der Waals surface area contributed by atoms with Crippen LogP contribution in [0, 0.1) is 16.7 Å². The number of rotatable bonds is 5. The van der Waals surface area contributed by atoms with Gasteiger partial charge in [0.2, 0.25) is 11.8 Å². The first-order valence-electron chi connectivity index (χ1n) is 11.6. The Kier molecular flexibility index (Phi) is 5.20. The van der Waals surface area contributed by atoms with E-state index in [1.54, 1.807) is 16.2 Å². The summed E-state index contributed by atoms with van der Waals surface area (Å²) in [5.74, 6) is 0.673. The summed E-state index contributed by atoms with van der Waals surface area (Å²) in [7, 11) is 3.69. The van der Waals surface area contributed by atoms with Crippen molar-refractivity contribution >= 4 is 23.2 Å². The number of thiophene rings is 1. The van der Waals surface area contributed by atoms with Crippen LogP contribution in [0.1, 0.15) is 44.1 Å². The molecule has 1 saturated heterocycles. The number of hydrogen-bond acceptors (Lipinski definition) is 3. The molecule has 0 N–H and O–H groups in total. The molecular weight excluding hydrogens is 404 g/mol. The molecule has 0 unspecified atom stereocenters. The molecule has 0 radical (unpaired) electrons. The molecule has 3 fully saturated rings. The molecule has 1 spiro atoms. The lowest BCUT2D eigenvalue weighted by Crippen LogP contribution is -2.54. The van der Waals surface area contributed by atoms with Gasteiger partial charge in [-0.05, 0) is 66.5 Å². The van der Waals surface area contributed by atoms with Crippen LogP contribution in [-0.4, -0.2) is 48.8 Å². The van der Waals surface area contributed by atoms with Crippen molar-refractivity contribution in [1.82, 2.24) is 9.80 Å². The molecule has 2 aromatic rings. The van der Waals surface area contributed by atoms with Crippen LogP contribution in [0.4, 0.5) is 0 Å². The van der Waals surface area contributed by atoms with E-state index in [1.807, 2.05) is 19.0 Å². The number of hydrogen-bond donors (Lipinski definition) is 0. The lowest BCUT2D eigenvalue weighted by molar-refractivity contribution is -0.148. The molecule has 5 rings (SSSR count). The number of piperidine rings is 1. The second-order valence-corrected chi connectivity index (χ2v) is 11.1. The minimum atomic E-state index is -0.549. The fourth-order valence-electron chi connectivity index (χ4n) is 6.00. The minimum Gasteiger partial charge on any atom is -0.348 e. The second-order valence-electron chi connectivity index (χ2n) is 10.1. The zero-order valence-corrected chi connectivity index (χ0v) is 19.4. The van der Waals surface area contributed by atoms with Gasteiger partial charge in [0.05, 0.1) is 5.41 Å². The molecule has 3 aliphatic rings. The van der Waals surface area contributed by atoms with E-state index in [0.717, 1.165) is 25.8 Å². The Morgan fingerprint density at radius 1 is 1.10 bits per heavy atom. The van der Waals surface area contributed by atoms with Crippen molar-refractivity contribution in [3.05, 3.63) is 47.3 Å². The molecule has 1 aromatic heterocycles. The van der Waals surface area contributed by atoms with Gasteiger partial charge in [-0.1, -0.05) is 36.8 Å². The number of likely N-dealkylation sites (tertiary alicyclic amines) is 1. The average Bonchev–Trinajstić information content (AvgIpc) is 3.31. The van der Waals surface area contributed by atoms with Crippen molar-refractivity contribution in [2.75, 3.05) is 27.2 Å². The Balaban J connectivity index is 1.44. The zero-order chi connectivity index (χ0) is 21.6. The van der Waals surface area contributed by atoms with Crippen LogP contribution in [0.5, 0.6) is 0 Å². The topological polar surface area (TPSA) is 40.6 Å². The van der Waals surface area contributed by atoms with Crippen molar-refractivity contribution in [3.63, 3.8) is 0 Å². The second kappa shape index (κ2) is 7.77. The van der Waals surface area contributed by atoms with E-state index in [1.165, 1.54) is 35.3 Å². The summed E-state index contributed by atoms with van der Waals surface area (Å²) >= 11 is 1.73.